The second kappa shape index (κ2) is 4.94. The molecule has 0 radical (unpaired) electrons. The molecule has 0 saturated heterocycles. The molecule has 2 amide bonds. The fourth-order valence-corrected chi connectivity index (χ4v) is 1.93. The van der Waals surface area contributed by atoms with Crippen LogP contribution in [0.4, 0.5) is 4.79 Å². The van der Waals surface area contributed by atoms with Gasteiger partial charge in [0, 0.05) is 12.6 Å². The molecule has 2 fully saturated rings. The van der Waals surface area contributed by atoms with Gasteiger partial charge in [0.05, 0.1) is 0 Å². The fraction of sp³-hybridized carbons (Fsp3) is 0.833. The molecule has 0 aromatic rings. The van der Waals surface area contributed by atoms with Crippen molar-refractivity contribution in [1.29, 1.82) is 0 Å². The molecule has 2 N–H and O–H groups in total. The molecule has 0 aromatic carbocycles. The van der Waals surface area contributed by atoms with Crippen LogP contribution in [0.5, 0.6) is 0 Å². The van der Waals surface area contributed by atoms with Crippen molar-refractivity contribution in [3.63, 3.8) is 0 Å². The van der Waals surface area contributed by atoms with Crippen LogP contribution in [0.15, 0.2) is 0 Å². The lowest BCUT2D eigenvalue weighted by Gasteiger charge is -2.24. The normalized spacial score (nSPS) is 20.8. The molecule has 96 valence electrons. The number of nitrogens with zero attached hydrogens (tertiary/aromatic N) is 1. The predicted octanol–water partition coefficient (Wildman–Crippen LogP) is 1.43. The predicted molar refractivity (Wildman–Crippen MR) is 62.7 cm³/mol. The highest BCUT2D eigenvalue weighted by molar-refractivity contribution is 5.82. The molecule has 17 heavy (non-hydrogen) atoms. The molecular formula is C12H20N2O3. The lowest BCUT2D eigenvalue weighted by Crippen LogP contribution is -2.49. The molecule has 2 rings (SSSR count). The van der Waals surface area contributed by atoms with Crippen LogP contribution < -0.4 is 5.32 Å². The van der Waals surface area contributed by atoms with Gasteiger partial charge in [0.15, 0.2) is 0 Å². The van der Waals surface area contributed by atoms with E-state index in [4.69, 9.17) is 5.11 Å². The van der Waals surface area contributed by atoms with Crippen LogP contribution in [0, 0.1) is 5.92 Å². The van der Waals surface area contributed by atoms with E-state index in [9.17, 15) is 9.59 Å². The minimum Gasteiger partial charge on any atom is -0.480 e. The van der Waals surface area contributed by atoms with Gasteiger partial charge in [-0.1, -0.05) is 6.92 Å². The zero-order chi connectivity index (χ0) is 12.4. The van der Waals surface area contributed by atoms with Gasteiger partial charge in [-0.3, -0.25) is 0 Å². The summed E-state index contributed by atoms with van der Waals surface area (Å²) in [6, 6.07) is -0.612. The Kier molecular flexibility index (Phi) is 3.54. The number of carbonyl (C=O) groups excluding carboxylic acids is 1. The van der Waals surface area contributed by atoms with Crippen molar-refractivity contribution >= 4 is 12.0 Å². The molecule has 0 aromatic heterocycles. The van der Waals surface area contributed by atoms with Crippen LogP contribution in [0.1, 0.15) is 39.0 Å². The number of urea groups is 1. The Hall–Kier alpha value is -1.26. The first kappa shape index (κ1) is 12.2. The van der Waals surface area contributed by atoms with Gasteiger partial charge < -0.3 is 15.3 Å². The summed E-state index contributed by atoms with van der Waals surface area (Å²) in [5, 5.41) is 11.5. The van der Waals surface area contributed by atoms with Crippen LogP contribution >= 0.6 is 0 Å². The summed E-state index contributed by atoms with van der Waals surface area (Å²) in [5.74, 6) is -0.311. The van der Waals surface area contributed by atoms with E-state index in [1.165, 1.54) is 12.8 Å². The maximum absolute atomic E-state index is 12.0. The summed E-state index contributed by atoms with van der Waals surface area (Å²) in [5.41, 5.74) is 0. The number of carboxylic acids is 1. The van der Waals surface area contributed by atoms with Gasteiger partial charge in [0.25, 0.3) is 0 Å². The lowest BCUT2D eigenvalue weighted by molar-refractivity contribution is -0.139. The van der Waals surface area contributed by atoms with Crippen LogP contribution in [-0.4, -0.2) is 40.6 Å². The second-order valence-corrected chi connectivity index (χ2v) is 5.08. The average molecular weight is 240 g/mol. The van der Waals surface area contributed by atoms with E-state index in [1.807, 2.05) is 4.90 Å². The quantitative estimate of drug-likeness (QED) is 0.738. The number of amides is 2. The molecule has 0 aliphatic heterocycles. The summed E-state index contributed by atoms with van der Waals surface area (Å²) in [6.07, 6.45) is 4.94. The van der Waals surface area contributed by atoms with Crippen molar-refractivity contribution in [1.82, 2.24) is 10.2 Å². The van der Waals surface area contributed by atoms with Crippen LogP contribution in [0.3, 0.4) is 0 Å². The first-order valence-corrected chi connectivity index (χ1v) is 6.41. The molecule has 5 nitrogen and oxygen atoms in total. The first-order chi connectivity index (χ1) is 8.11. The largest absolute Gasteiger partial charge is 0.480 e. The molecule has 2 aliphatic rings. The van der Waals surface area contributed by atoms with E-state index in [0.29, 0.717) is 18.4 Å². The highest BCUT2D eigenvalue weighted by atomic mass is 16.4. The van der Waals surface area contributed by atoms with Crippen LogP contribution in [-0.2, 0) is 4.79 Å². The van der Waals surface area contributed by atoms with Crippen molar-refractivity contribution in [3.05, 3.63) is 0 Å². The van der Waals surface area contributed by atoms with Crippen LogP contribution in [0.25, 0.3) is 0 Å². The zero-order valence-corrected chi connectivity index (χ0v) is 10.2. The van der Waals surface area contributed by atoms with Crippen molar-refractivity contribution in [2.24, 2.45) is 5.92 Å². The maximum atomic E-state index is 12.0. The van der Waals surface area contributed by atoms with Gasteiger partial charge in [-0.2, -0.15) is 0 Å². The standard InChI is InChI=1S/C12H20N2O3/c1-2-10(11(15)16)13-12(17)14(9-5-6-9)7-8-3-4-8/h8-10H,2-7H2,1H3,(H,13,17)(H,15,16). The highest BCUT2D eigenvalue weighted by Gasteiger charge is 2.37. The van der Waals surface area contributed by atoms with Gasteiger partial charge >= 0.3 is 12.0 Å². The Morgan fingerprint density at radius 1 is 1.35 bits per heavy atom. The first-order valence-electron chi connectivity index (χ1n) is 6.41. The van der Waals surface area contributed by atoms with Gasteiger partial charge in [-0.25, -0.2) is 9.59 Å². The van der Waals surface area contributed by atoms with Crippen molar-refractivity contribution in [3.8, 4) is 0 Å². The number of carboxylic acid groups (broad SMARTS) is 1. The van der Waals surface area contributed by atoms with E-state index in [1.54, 1.807) is 6.92 Å². The minimum absolute atomic E-state index is 0.200. The maximum Gasteiger partial charge on any atom is 0.326 e. The van der Waals surface area contributed by atoms with Gasteiger partial charge in [0.2, 0.25) is 0 Å². The molecule has 2 saturated carbocycles. The third-order valence-electron chi connectivity index (χ3n) is 3.40. The van der Waals surface area contributed by atoms with Crippen molar-refractivity contribution in [2.75, 3.05) is 6.54 Å². The van der Waals surface area contributed by atoms with Gasteiger partial charge in [0.1, 0.15) is 6.04 Å². The smallest absolute Gasteiger partial charge is 0.326 e. The molecule has 1 atom stereocenters. The monoisotopic (exact) mass is 240 g/mol. The fourth-order valence-electron chi connectivity index (χ4n) is 1.93. The summed E-state index contributed by atoms with van der Waals surface area (Å²) < 4.78 is 0. The van der Waals surface area contributed by atoms with Crippen molar-refractivity contribution < 1.29 is 14.7 Å². The Labute approximate surface area is 101 Å². The highest BCUT2D eigenvalue weighted by Crippen LogP contribution is 2.34. The average Bonchev–Trinajstić information content (AvgIpc) is 3.15. The van der Waals surface area contributed by atoms with Gasteiger partial charge in [-0.05, 0) is 38.0 Å². The molecular weight excluding hydrogens is 220 g/mol. The molecule has 5 heteroatoms. The van der Waals surface area contributed by atoms with E-state index >= 15 is 0 Å². The summed E-state index contributed by atoms with van der Waals surface area (Å²) >= 11 is 0. The summed E-state index contributed by atoms with van der Waals surface area (Å²) in [7, 11) is 0. The van der Waals surface area contributed by atoms with E-state index in [-0.39, 0.29) is 6.03 Å². The number of nitrogens with one attached hydrogen (secondary N) is 1. The number of carbonyl (C=O) groups is 2. The summed E-state index contributed by atoms with van der Waals surface area (Å²) in [4.78, 5) is 24.7. The number of hydrogen-bond donors (Lipinski definition) is 2. The Bertz CT molecular complexity index is 311. The third-order valence-corrected chi connectivity index (χ3v) is 3.40. The summed E-state index contributed by atoms with van der Waals surface area (Å²) in [6.45, 7) is 2.56. The molecule has 0 heterocycles. The van der Waals surface area contributed by atoms with Crippen LogP contribution in [0.2, 0.25) is 0 Å². The zero-order valence-electron chi connectivity index (χ0n) is 10.2. The van der Waals surface area contributed by atoms with E-state index in [0.717, 1.165) is 19.4 Å². The lowest BCUT2D eigenvalue weighted by atomic mass is 10.2. The SMILES string of the molecule is CCC(NC(=O)N(CC1CC1)C1CC1)C(=O)O. The number of aliphatic carboxylic acids is 1. The number of rotatable bonds is 6. The minimum atomic E-state index is -0.956. The Balaban J connectivity index is 1.88. The Morgan fingerprint density at radius 2 is 2.00 bits per heavy atom. The molecule has 0 spiro atoms. The molecule has 1 unspecified atom stereocenters. The van der Waals surface area contributed by atoms with Crippen molar-refractivity contribution in [2.45, 2.75) is 51.1 Å². The second-order valence-electron chi connectivity index (χ2n) is 5.08. The number of hydrogen-bond acceptors (Lipinski definition) is 2. The topological polar surface area (TPSA) is 69.6 Å². The molecule has 0 bridgehead atoms. The van der Waals surface area contributed by atoms with E-state index < -0.39 is 12.0 Å². The van der Waals surface area contributed by atoms with E-state index in [2.05, 4.69) is 5.32 Å². The molecule has 2 aliphatic carbocycles. The third kappa shape index (κ3) is 3.35. The van der Waals surface area contributed by atoms with Gasteiger partial charge in [-0.15, -0.1) is 0 Å². The Morgan fingerprint density at radius 3 is 2.41 bits per heavy atom.